The first-order chi connectivity index (χ1) is 13.5. The van der Waals surface area contributed by atoms with E-state index < -0.39 is 9.85 Å². The first kappa shape index (κ1) is 17.2. The van der Waals surface area contributed by atoms with Gasteiger partial charge in [-0.2, -0.15) is 5.10 Å². The third kappa shape index (κ3) is 3.03. The van der Waals surface area contributed by atoms with E-state index in [4.69, 9.17) is 0 Å². The fourth-order valence-corrected chi connectivity index (χ4v) is 3.07. The molecule has 8 heteroatoms. The molecule has 0 fully saturated rings. The van der Waals surface area contributed by atoms with E-state index in [0.717, 1.165) is 11.1 Å². The molecule has 4 rings (SSSR count). The van der Waals surface area contributed by atoms with Crippen LogP contribution in [-0.2, 0) is 0 Å². The average molecular weight is 372 g/mol. The SMILES string of the molecule is O=[N+]([O-])c1ccc2c(c1)C(=NN=c1cccccc1)c1cc([N+](=O)[O-])ccc1-2. The van der Waals surface area contributed by atoms with Crippen LogP contribution in [0.5, 0.6) is 0 Å². The summed E-state index contributed by atoms with van der Waals surface area (Å²) in [6.07, 6.45) is 0. The van der Waals surface area contributed by atoms with Gasteiger partial charge in [0, 0.05) is 35.4 Å². The van der Waals surface area contributed by atoms with Crippen molar-refractivity contribution in [2.75, 3.05) is 0 Å². The lowest BCUT2D eigenvalue weighted by molar-refractivity contribution is -0.385. The highest BCUT2D eigenvalue weighted by Crippen LogP contribution is 2.40. The van der Waals surface area contributed by atoms with Crippen LogP contribution in [0.25, 0.3) is 11.1 Å². The third-order valence-electron chi connectivity index (χ3n) is 4.36. The maximum Gasteiger partial charge on any atom is 0.270 e. The van der Waals surface area contributed by atoms with Crippen molar-refractivity contribution in [1.29, 1.82) is 0 Å². The number of non-ortho nitro benzene ring substituents is 2. The normalized spacial score (nSPS) is 11.4. The summed E-state index contributed by atoms with van der Waals surface area (Å²) < 4.78 is 0. The highest BCUT2D eigenvalue weighted by molar-refractivity contribution is 6.25. The van der Waals surface area contributed by atoms with E-state index in [1.165, 1.54) is 24.3 Å². The molecule has 1 aliphatic rings. The van der Waals surface area contributed by atoms with E-state index >= 15 is 0 Å². The van der Waals surface area contributed by atoms with E-state index in [0.29, 0.717) is 22.2 Å². The minimum atomic E-state index is -0.488. The van der Waals surface area contributed by atoms with Crippen molar-refractivity contribution < 1.29 is 9.85 Å². The zero-order valence-electron chi connectivity index (χ0n) is 14.4. The van der Waals surface area contributed by atoms with Gasteiger partial charge in [0.05, 0.1) is 15.2 Å². The number of hydrogen-bond donors (Lipinski definition) is 0. The molecule has 0 bridgehead atoms. The molecule has 0 atom stereocenters. The molecule has 0 spiro atoms. The van der Waals surface area contributed by atoms with Gasteiger partial charge in [0.15, 0.2) is 0 Å². The summed E-state index contributed by atoms with van der Waals surface area (Å²) in [6, 6.07) is 19.7. The monoisotopic (exact) mass is 372 g/mol. The predicted molar refractivity (Wildman–Crippen MR) is 103 cm³/mol. The van der Waals surface area contributed by atoms with Crippen LogP contribution in [0.2, 0.25) is 0 Å². The second-order valence-corrected chi connectivity index (χ2v) is 6.05. The van der Waals surface area contributed by atoms with Gasteiger partial charge in [0.25, 0.3) is 11.4 Å². The zero-order valence-corrected chi connectivity index (χ0v) is 14.4. The Kier molecular flexibility index (Phi) is 4.21. The molecule has 0 aliphatic heterocycles. The minimum Gasteiger partial charge on any atom is -0.258 e. The lowest BCUT2D eigenvalue weighted by atomic mass is 10.1. The molecular formula is C20H12N4O4. The summed E-state index contributed by atoms with van der Waals surface area (Å²) in [5, 5.41) is 31.5. The standard InChI is InChI=1S/C20H12N4O4/c25-23(26)14-7-9-16-17-10-8-15(24(27)28)12-19(17)20(18(16)11-14)22-21-13-5-3-1-2-4-6-13/h1-12H. The Morgan fingerprint density at radius 2 is 1.11 bits per heavy atom. The largest absolute Gasteiger partial charge is 0.270 e. The van der Waals surface area contributed by atoms with Gasteiger partial charge in [-0.05, 0) is 35.4 Å². The summed E-state index contributed by atoms with van der Waals surface area (Å²) >= 11 is 0. The van der Waals surface area contributed by atoms with E-state index in [-0.39, 0.29) is 11.4 Å². The van der Waals surface area contributed by atoms with E-state index in [1.807, 2.05) is 24.3 Å². The molecule has 0 heterocycles. The fourth-order valence-electron chi connectivity index (χ4n) is 3.07. The molecule has 0 radical (unpaired) electrons. The maximum absolute atomic E-state index is 11.2. The van der Waals surface area contributed by atoms with Crippen molar-refractivity contribution in [1.82, 2.24) is 0 Å². The van der Waals surface area contributed by atoms with Gasteiger partial charge in [-0.25, -0.2) is 0 Å². The van der Waals surface area contributed by atoms with Crippen molar-refractivity contribution in [2.24, 2.45) is 10.2 Å². The highest BCUT2D eigenvalue weighted by Gasteiger charge is 2.29. The molecule has 1 aliphatic carbocycles. The lowest BCUT2D eigenvalue weighted by Crippen LogP contribution is -2.02. The van der Waals surface area contributed by atoms with Gasteiger partial charge in [0.1, 0.15) is 5.71 Å². The van der Waals surface area contributed by atoms with Crippen LogP contribution in [0, 0.1) is 20.2 Å². The molecule has 0 saturated heterocycles. The molecule has 0 amide bonds. The number of nitro benzene ring substituents is 2. The van der Waals surface area contributed by atoms with Crippen LogP contribution in [0.1, 0.15) is 11.1 Å². The van der Waals surface area contributed by atoms with Gasteiger partial charge in [0.2, 0.25) is 0 Å². The van der Waals surface area contributed by atoms with Crippen LogP contribution in [0.15, 0.2) is 83.0 Å². The second kappa shape index (κ2) is 6.84. The molecule has 3 aromatic rings. The van der Waals surface area contributed by atoms with Crippen molar-refractivity contribution in [2.45, 2.75) is 0 Å². The Morgan fingerprint density at radius 3 is 1.57 bits per heavy atom. The van der Waals surface area contributed by atoms with E-state index in [1.54, 1.807) is 24.3 Å². The van der Waals surface area contributed by atoms with Crippen LogP contribution in [0.4, 0.5) is 11.4 Å². The van der Waals surface area contributed by atoms with Crippen molar-refractivity contribution in [3.63, 3.8) is 0 Å². The Labute approximate surface area is 158 Å². The topological polar surface area (TPSA) is 111 Å². The van der Waals surface area contributed by atoms with Gasteiger partial charge in [-0.15, -0.1) is 5.10 Å². The number of fused-ring (bicyclic) bond motifs is 3. The first-order valence-corrected chi connectivity index (χ1v) is 8.29. The third-order valence-corrected chi connectivity index (χ3v) is 4.36. The first-order valence-electron chi connectivity index (χ1n) is 8.29. The summed E-state index contributed by atoms with van der Waals surface area (Å²) in [6.45, 7) is 0. The zero-order chi connectivity index (χ0) is 19.7. The smallest absolute Gasteiger partial charge is 0.258 e. The summed E-state index contributed by atoms with van der Waals surface area (Å²) in [4.78, 5) is 21.4. The number of nitrogens with zero attached hydrogens (tertiary/aromatic N) is 4. The molecule has 3 aromatic carbocycles. The quantitative estimate of drug-likeness (QED) is 0.402. The number of rotatable bonds is 3. The molecule has 136 valence electrons. The molecule has 0 saturated carbocycles. The highest BCUT2D eigenvalue weighted by atomic mass is 16.6. The van der Waals surface area contributed by atoms with Gasteiger partial charge in [-0.1, -0.05) is 24.3 Å². The molecule has 0 aromatic heterocycles. The Morgan fingerprint density at radius 1 is 0.607 bits per heavy atom. The Bertz CT molecular complexity index is 1150. The molecular weight excluding hydrogens is 360 g/mol. The van der Waals surface area contributed by atoms with Crippen LogP contribution < -0.4 is 5.36 Å². The van der Waals surface area contributed by atoms with E-state index in [2.05, 4.69) is 10.2 Å². The summed E-state index contributed by atoms with van der Waals surface area (Å²) in [5.41, 5.74) is 2.69. The van der Waals surface area contributed by atoms with Crippen LogP contribution in [-0.4, -0.2) is 15.6 Å². The van der Waals surface area contributed by atoms with Gasteiger partial charge >= 0.3 is 0 Å². The second-order valence-electron chi connectivity index (χ2n) is 6.05. The van der Waals surface area contributed by atoms with Gasteiger partial charge in [-0.3, -0.25) is 20.2 Å². The lowest BCUT2D eigenvalue weighted by Gasteiger charge is -1.99. The minimum absolute atomic E-state index is 0.0835. The molecule has 0 unspecified atom stereocenters. The van der Waals surface area contributed by atoms with Crippen molar-refractivity contribution >= 4 is 17.1 Å². The Balaban J connectivity index is 1.97. The maximum atomic E-state index is 11.2. The summed E-state index contributed by atoms with van der Waals surface area (Å²) in [7, 11) is 0. The number of nitro groups is 2. The predicted octanol–water partition coefficient (Wildman–Crippen LogP) is 3.84. The molecule has 8 nitrogen and oxygen atoms in total. The summed E-state index contributed by atoms with van der Waals surface area (Å²) in [5.74, 6) is 0. The van der Waals surface area contributed by atoms with Crippen molar-refractivity contribution in [3.8, 4) is 11.1 Å². The molecule has 0 N–H and O–H groups in total. The van der Waals surface area contributed by atoms with Crippen LogP contribution >= 0.6 is 0 Å². The van der Waals surface area contributed by atoms with Crippen molar-refractivity contribution in [3.05, 3.63) is 110 Å². The average Bonchev–Trinajstić information content (AvgIpc) is 2.83. The van der Waals surface area contributed by atoms with Gasteiger partial charge < -0.3 is 0 Å². The number of hydrogen-bond acceptors (Lipinski definition) is 6. The van der Waals surface area contributed by atoms with Crippen LogP contribution in [0.3, 0.4) is 0 Å². The fraction of sp³-hybridized carbons (Fsp3) is 0. The van der Waals surface area contributed by atoms with E-state index in [9.17, 15) is 20.2 Å². The number of benzene rings is 2. The molecule has 28 heavy (non-hydrogen) atoms. The Hall–Kier alpha value is -4.20.